The van der Waals surface area contributed by atoms with Crippen molar-refractivity contribution in [3.63, 3.8) is 0 Å². The molecule has 1 aromatic heterocycles. The second kappa shape index (κ2) is 9.36. The molecule has 0 spiro atoms. The fourth-order valence-electron chi connectivity index (χ4n) is 2.66. The SMILES string of the molecule is CCOc1ccc(Nc2cc(C(=O)Nc3ccccc3C(=O)OC)ccn2)cc1. The van der Waals surface area contributed by atoms with Crippen molar-refractivity contribution in [2.45, 2.75) is 6.92 Å². The van der Waals surface area contributed by atoms with Gasteiger partial charge in [0.15, 0.2) is 0 Å². The first-order valence-corrected chi connectivity index (χ1v) is 9.05. The lowest BCUT2D eigenvalue weighted by Crippen LogP contribution is -2.15. The van der Waals surface area contributed by atoms with Crippen LogP contribution in [0, 0.1) is 0 Å². The summed E-state index contributed by atoms with van der Waals surface area (Å²) >= 11 is 0. The number of nitrogens with one attached hydrogen (secondary N) is 2. The van der Waals surface area contributed by atoms with E-state index in [2.05, 4.69) is 15.6 Å². The van der Waals surface area contributed by atoms with Crippen molar-refractivity contribution in [1.82, 2.24) is 4.98 Å². The normalized spacial score (nSPS) is 10.1. The van der Waals surface area contributed by atoms with Gasteiger partial charge in [0.1, 0.15) is 11.6 Å². The van der Waals surface area contributed by atoms with Gasteiger partial charge in [-0.2, -0.15) is 0 Å². The minimum absolute atomic E-state index is 0.283. The molecule has 0 saturated carbocycles. The minimum Gasteiger partial charge on any atom is -0.494 e. The van der Waals surface area contributed by atoms with Crippen LogP contribution in [-0.2, 0) is 4.74 Å². The number of hydrogen-bond acceptors (Lipinski definition) is 6. The van der Waals surface area contributed by atoms with Gasteiger partial charge < -0.3 is 20.1 Å². The van der Waals surface area contributed by atoms with E-state index in [1.54, 1.807) is 36.4 Å². The Bertz CT molecular complexity index is 1000. The summed E-state index contributed by atoms with van der Waals surface area (Å²) in [6, 6.07) is 17.3. The van der Waals surface area contributed by atoms with E-state index >= 15 is 0 Å². The van der Waals surface area contributed by atoms with Gasteiger partial charge in [0.05, 0.1) is 25.0 Å². The van der Waals surface area contributed by atoms with E-state index in [-0.39, 0.29) is 11.5 Å². The Hall–Kier alpha value is -3.87. The zero-order valence-corrected chi connectivity index (χ0v) is 16.1. The average molecular weight is 391 g/mol. The van der Waals surface area contributed by atoms with Gasteiger partial charge in [-0.3, -0.25) is 4.79 Å². The Morgan fingerprint density at radius 1 is 1.03 bits per heavy atom. The number of para-hydroxylation sites is 1. The number of nitrogens with zero attached hydrogens (tertiary/aromatic N) is 1. The van der Waals surface area contributed by atoms with Crippen LogP contribution in [0.4, 0.5) is 17.2 Å². The van der Waals surface area contributed by atoms with Gasteiger partial charge in [-0.1, -0.05) is 12.1 Å². The molecule has 0 fully saturated rings. The van der Waals surface area contributed by atoms with Crippen LogP contribution in [0.3, 0.4) is 0 Å². The third-order valence-corrected chi connectivity index (χ3v) is 4.04. The maximum Gasteiger partial charge on any atom is 0.339 e. The zero-order valence-electron chi connectivity index (χ0n) is 16.1. The van der Waals surface area contributed by atoms with E-state index in [9.17, 15) is 9.59 Å². The maximum atomic E-state index is 12.7. The summed E-state index contributed by atoms with van der Waals surface area (Å²) < 4.78 is 10.2. The number of benzene rings is 2. The molecular formula is C22H21N3O4. The lowest BCUT2D eigenvalue weighted by atomic mass is 10.1. The predicted octanol–water partition coefficient (Wildman–Crippen LogP) is 4.26. The summed E-state index contributed by atoms with van der Waals surface area (Å²) in [5.41, 5.74) is 1.87. The van der Waals surface area contributed by atoms with Gasteiger partial charge in [0.2, 0.25) is 0 Å². The highest BCUT2D eigenvalue weighted by atomic mass is 16.5. The van der Waals surface area contributed by atoms with E-state index in [4.69, 9.17) is 9.47 Å². The number of methoxy groups -OCH3 is 1. The molecule has 0 atom stereocenters. The summed E-state index contributed by atoms with van der Waals surface area (Å²) in [7, 11) is 1.29. The van der Waals surface area contributed by atoms with Crippen molar-refractivity contribution < 1.29 is 19.1 Å². The van der Waals surface area contributed by atoms with Crippen LogP contribution in [0.15, 0.2) is 66.9 Å². The quantitative estimate of drug-likeness (QED) is 0.585. The zero-order chi connectivity index (χ0) is 20.6. The Morgan fingerprint density at radius 3 is 2.52 bits per heavy atom. The van der Waals surface area contributed by atoms with Crippen molar-refractivity contribution >= 4 is 29.1 Å². The lowest BCUT2D eigenvalue weighted by molar-refractivity contribution is 0.0602. The fraction of sp³-hybridized carbons (Fsp3) is 0.136. The molecule has 0 aliphatic rings. The molecule has 2 aromatic carbocycles. The summed E-state index contributed by atoms with van der Waals surface area (Å²) in [4.78, 5) is 28.8. The van der Waals surface area contributed by atoms with Gasteiger partial charge in [-0.15, -0.1) is 0 Å². The number of esters is 1. The molecule has 7 heteroatoms. The number of aromatic nitrogens is 1. The molecule has 7 nitrogen and oxygen atoms in total. The van der Waals surface area contributed by atoms with Crippen molar-refractivity contribution in [3.8, 4) is 5.75 Å². The highest BCUT2D eigenvalue weighted by Crippen LogP contribution is 2.21. The highest BCUT2D eigenvalue weighted by molar-refractivity contribution is 6.08. The van der Waals surface area contributed by atoms with Gasteiger partial charge in [0.25, 0.3) is 5.91 Å². The first kappa shape index (κ1) is 19.9. The van der Waals surface area contributed by atoms with Crippen molar-refractivity contribution in [1.29, 1.82) is 0 Å². The lowest BCUT2D eigenvalue weighted by Gasteiger charge is -2.11. The molecular weight excluding hydrogens is 370 g/mol. The Labute approximate surface area is 168 Å². The van der Waals surface area contributed by atoms with E-state index in [0.29, 0.717) is 23.7 Å². The molecule has 0 aliphatic heterocycles. The molecule has 1 amide bonds. The van der Waals surface area contributed by atoms with Crippen LogP contribution in [0.5, 0.6) is 5.75 Å². The van der Waals surface area contributed by atoms with E-state index in [1.165, 1.54) is 13.3 Å². The standard InChI is InChI=1S/C22H21N3O4/c1-3-29-17-10-8-16(9-11-17)24-20-14-15(12-13-23-20)21(26)25-19-7-5-4-6-18(19)22(27)28-2/h4-14H,3H2,1-2H3,(H,23,24)(H,25,26). The molecule has 3 aromatic rings. The summed E-state index contributed by atoms with van der Waals surface area (Å²) in [5, 5.41) is 5.89. The number of ether oxygens (including phenoxy) is 2. The van der Waals surface area contributed by atoms with Gasteiger partial charge in [0, 0.05) is 17.4 Å². The van der Waals surface area contributed by atoms with Crippen molar-refractivity contribution in [3.05, 3.63) is 78.0 Å². The summed E-state index contributed by atoms with van der Waals surface area (Å²) in [6.45, 7) is 2.53. The number of amides is 1. The first-order chi connectivity index (χ1) is 14.1. The number of pyridine rings is 1. The van der Waals surface area contributed by atoms with E-state index < -0.39 is 5.97 Å². The fourth-order valence-corrected chi connectivity index (χ4v) is 2.66. The molecule has 0 aliphatic carbocycles. The van der Waals surface area contributed by atoms with Gasteiger partial charge in [-0.25, -0.2) is 9.78 Å². The summed E-state index contributed by atoms with van der Waals surface area (Å²) in [6.07, 6.45) is 1.54. The topological polar surface area (TPSA) is 89.6 Å². The van der Waals surface area contributed by atoms with Crippen LogP contribution in [0.25, 0.3) is 0 Å². The predicted molar refractivity (Wildman–Crippen MR) is 111 cm³/mol. The third-order valence-electron chi connectivity index (χ3n) is 4.04. The van der Waals surface area contributed by atoms with Crippen LogP contribution < -0.4 is 15.4 Å². The van der Waals surface area contributed by atoms with Crippen LogP contribution >= 0.6 is 0 Å². The molecule has 0 bridgehead atoms. The molecule has 1 heterocycles. The highest BCUT2D eigenvalue weighted by Gasteiger charge is 2.14. The Morgan fingerprint density at radius 2 is 1.79 bits per heavy atom. The molecule has 0 radical (unpaired) electrons. The molecule has 2 N–H and O–H groups in total. The molecule has 29 heavy (non-hydrogen) atoms. The van der Waals surface area contributed by atoms with E-state index in [1.807, 2.05) is 31.2 Å². The number of anilines is 3. The second-order valence-corrected chi connectivity index (χ2v) is 6.00. The molecule has 0 unspecified atom stereocenters. The Balaban J connectivity index is 1.74. The van der Waals surface area contributed by atoms with Crippen LogP contribution in [0.2, 0.25) is 0 Å². The minimum atomic E-state index is -0.520. The molecule has 0 saturated heterocycles. The van der Waals surface area contributed by atoms with Gasteiger partial charge in [-0.05, 0) is 55.5 Å². The van der Waals surface area contributed by atoms with Crippen LogP contribution in [0.1, 0.15) is 27.6 Å². The van der Waals surface area contributed by atoms with Crippen molar-refractivity contribution in [2.75, 3.05) is 24.4 Å². The largest absolute Gasteiger partial charge is 0.494 e. The number of carbonyl (C=O) groups excluding carboxylic acids is 2. The second-order valence-electron chi connectivity index (χ2n) is 6.00. The first-order valence-electron chi connectivity index (χ1n) is 9.05. The smallest absolute Gasteiger partial charge is 0.339 e. The average Bonchev–Trinajstić information content (AvgIpc) is 2.75. The monoisotopic (exact) mass is 391 g/mol. The number of carbonyl (C=O) groups is 2. The number of hydrogen-bond donors (Lipinski definition) is 2. The maximum absolute atomic E-state index is 12.7. The number of rotatable bonds is 7. The Kier molecular flexibility index (Phi) is 6.42. The third kappa shape index (κ3) is 5.10. The molecule has 3 rings (SSSR count). The van der Waals surface area contributed by atoms with Gasteiger partial charge >= 0.3 is 5.97 Å². The molecule has 148 valence electrons. The summed E-state index contributed by atoms with van der Waals surface area (Å²) in [5.74, 6) is 0.415. The van der Waals surface area contributed by atoms with Crippen molar-refractivity contribution in [2.24, 2.45) is 0 Å². The van der Waals surface area contributed by atoms with E-state index in [0.717, 1.165) is 11.4 Å². The van der Waals surface area contributed by atoms with Crippen LogP contribution in [-0.4, -0.2) is 30.6 Å².